The predicted molar refractivity (Wildman–Crippen MR) is 50.6 cm³/mol. The van der Waals surface area contributed by atoms with E-state index in [0.717, 1.165) is 13.0 Å². The Hall–Kier alpha value is -0.0800. The van der Waals surface area contributed by atoms with Crippen LogP contribution in [-0.4, -0.2) is 30.1 Å². The highest BCUT2D eigenvalue weighted by molar-refractivity contribution is 4.78. The normalized spacial score (nSPS) is 15.5. The first-order chi connectivity index (χ1) is 4.87. The highest BCUT2D eigenvalue weighted by Gasteiger charge is 2.17. The van der Waals surface area contributed by atoms with Gasteiger partial charge in [0.1, 0.15) is 0 Å². The van der Waals surface area contributed by atoms with E-state index in [-0.39, 0.29) is 5.54 Å². The standard InChI is InChI=1S/C9H22N2/c1-6-11(5)8(2)7-9(3,4)10/h8H,6-7,10H2,1-5H3. The Bertz CT molecular complexity index is 105. The van der Waals surface area contributed by atoms with Crippen molar-refractivity contribution in [2.45, 2.75) is 45.7 Å². The first-order valence-corrected chi connectivity index (χ1v) is 4.36. The van der Waals surface area contributed by atoms with Crippen molar-refractivity contribution >= 4 is 0 Å². The summed E-state index contributed by atoms with van der Waals surface area (Å²) in [5, 5.41) is 0. The third kappa shape index (κ3) is 5.22. The fourth-order valence-corrected chi connectivity index (χ4v) is 1.23. The van der Waals surface area contributed by atoms with Crippen molar-refractivity contribution < 1.29 is 0 Å². The summed E-state index contributed by atoms with van der Waals surface area (Å²) in [6.45, 7) is 9.63. The van der Waals surface area contributed by atoms with Gasteiger partial charge in [-0.1, -0.05) is 6.92 Å². The third-order valence-electron chi connectivity index (χ3n) is 2.07. The Morgan fingerprint density at radius 2 is 1.91 bits per heavy atom. The molecule has 0 amide bonds. The number of nitrogens with zero attached hydrogens (tertiary/aromatic N) is 1. The molecule has 0 aromatic heterocycles. The van der Waals surface area contributed by atoms with Crippen LogP contribution in [0.25, 0.3) is 0 Å². The molecule has 0 aliphatic heterocycles. The highest BCUT2D eigenvalue weighted by atomic mass is 15.1. The molecule has 11 heavy (non-hydrogen) atoms. The van der Waals surface area contributed by atoms with Crippen molar-refractivity contribution in [3.05, 3.63) is 0 Å². The molecule has 0 saturated heterocycles. The quantitative estimate of drug-likeness (QED) is 0.671. The van der Waals surface area contributed by atoms with Crippen molar-refractivity contribution in [3.8, 4) is 0 Å². The van der Waals surface area contributed by atoms with Crippen LogP contribution in [0.5, 0.6) is 0 Å². The van der Waals surface area contributed by atoms with E-state index in [1.807, 2.05) is 0 Å². The molecule has 0 aliphatic carbocycles. The van der Waals surface area contributed by atoms with Crippen molar-refractivity contribution in [3.63, 3.8) is 0 Å². The van der Waals surface area contributed by atoms with E-state index in [0.29, 0.717) is 6.04 Å². The molecule has 0 aromatic carbocycles. The summed E-state index contributed by atoms with van der Waals surface area (Å²) in [6, 6.07) is 0.583. The smallest absolute Gasteiger partial charge is 0.0112 e. The van der Waals surface area contributed by atoms with Crippen LogP contribution in [0.2, 0.25) is 0 Å². The maximum Gasteiger partial charge on any atom is 0.0112 e. The molecule has 0 spiro atoms. The van der Waals surface area contributed by atoms with Gasteiger partial charge in [0.05, 0.1) is 0 Å². The van der Waals surface area contributed by atoms with Gasteiger partial charge in [0.15, 0.2) is 0 Å². The van der Waals surface area contributed by atoms with Crippen LogP contribution in [0.3, 0.4) is 0 Å². The molecule has 0 saturated carbocycles. The molecule has 0 radical (unpaired) electrons. The van der Waals surface area contributed by atoms with Gasteiger partial charge in [-0.05, 0) is 40.8 Å². The Morgan fingerprint density at radius 1 is 1.45 bits per heavy atom. The fourth-order valence-electron chi connectivity index (χ4n) is 1.23. The molecule has 0 rings (SSSR count). The SMILES string of the molecule is CCN(C)C(C)CC(C)(C)N. The summed E-state index contributed by atoms with van der Waals surface area (Å²) in [6.07, 6.45) is 1.05. The maximum absolute atomic E-state index is 5.90. The van der Waals surface area contributed by atoms with E-state index in [1.54, 1.807) is 0 Å². The zero-order valence-electron chi connectivity index (χ0n) is 8.52. The lowest BCUT2D eigenvalue weighted by Gasteiger charge is -2.29. The van der Waals surface area contributed by atoms with Crippen LogP contribution in [0.15, 0.2) is 0 Å². The Morgan fingerprint density at radius 3 is 2.18 bits per heavy atom. The molecule has 0 heterocycles. The van der Waals surface area contributed by atoms with E-state index in [1.165, 1.54) is 0 Å². The highest BCUT2D eigenvalue weighted by Crippen LogP contribution is 2.11. The average molecular weight is 158 g/mol. The number of nitrogens with two attached hydrogens (primary N) is 1. The van der Waals surface area contributed by atoms with Crippen LogP contribution < -0.4 is 5.73 Å². The molecule has 0 aromatic rings. The Balaban J connectivity index is 3.77. The number of rotatable bonds is 4. The summed E-state index contributed by atoms with van der Waals surface area (Å²) in [5.74, 6) is 0. The largest absolute Gasteiger partial charge is 0.326 e. The molecule has 2 heteroatoms. The molecule has 0 aliphatic rings. The second-order valence-electron chi connectivity index (χ2n) is 4.11. The van der Waals surface area contributed by atoms with Crippen molar-refractivity contribution in [2.75, 3.05) is 13.6 Å². The minimum atomic E-state index is -0.0388. The summed E-state index contributed by atoms with van der Waals surface area (Å²) in [4.78, 5) is 2.31. The Kier molecular flexibility index (Phi) is 4.04. The van der Waals surface area contributed by atoms with Gasteiger partial charge in [0.2, 0.25) is 0 Å². The second-order valence-corrected chi connectivity index (χ2v) is 4.11. The van der Waals surface area contributed by atoms with Gasteiger partial charge in [-0.15, -0.1) is 0 Å². The van der Waals surface area contributed by atoms with Gasteiger partial charge in [-0.3, -0.25) is 0 Å². The van der Waals surface area contributed by atoms with Crippen LogP contribution in [0, 0.1) is 0 Å². The Labute approximate surface area is 70.8 Å². The molecular formula is C9H22N2. The average Bonchev–Trinajstić information content (AvgIpc) is 1.82. The fraction of sp³-hybridized carbons (Fsp3) is 1.00. The molecule has 0 bridgehead atoms. The van der Waals surface area contributed by atoms with E-state index in [4.69, 9.17) is 5.73 Å². The minimum absolute atomic E-state index is 0.0388. The lowest BCUT2D eigenvalue weighted by Crippen LogP contribution is -2.41. The molecule has 1 atom stereocenters. The first kappa shape index (κ1) is 10.9. The zero-order valence-corrected chi connectivity index (χ0v) is 8.52. The van der Waals surface area contributed by atoms with Crippen molar-refractivity contribution in [2.24, 2.45) is 5.73 Å². The van der Waals surface area contributed by atoms with Gasteiger partial charge in [0.25, 0.3) is 0 Å². The van der Waals surface area contributed by atoms with Crippen LogP contribution >= 0.6 is 0 Å². The second kappa shape index (κ2) is 4.07. The summed E-state index contributed by atoms with van der Waals surface area (Å²) < 4.78 is 0. The van der Waals surface area contributed by atoms with E-state index in [9.17, 15) is 0 Å². The van der Waals surface area contributed by atoms with Gasteiger partial charge >= 0.3 is 0 Å². The van der Waals surface area contributed by atoms with Gasteiger partial charge in [0, 0.05) is 11.6 Å². The topological polar surface area (TPSA) is 29.3 Å². The number of hydrogen-bond donors (Lipinski definition) is 1. The molecule has 2 nitrogen and oxygen atoms in total. The summed E-state index contributed by atoms with van der Waals surface area (Å²) in [7, 11) is 2.14. The van der Waals surface area contributed by atoms with Gasteiger partial charge in [-0.2, -0.15) is 0 Å². The van der Waals surface area contributed by atoms with Crippen LogP contribution in [0.1, 0.15) is 34.1 Å². The van der Waals surface area contributed by atoms with E-state index in [2.05, 4.69) is 39.6 Å². The minimum Gasteiger partial charge on any atom is -0.326 e. The van der Waals surface area contributed by atoms with E-state index >= 15 is 0 Å². The third-order valence-corrected chi connectivity index (χ3v) is 2.07. The van der Waals surface area contributed by atoms with Crippen LogP contribution in [-0.2, 0) is 0 Å². The predicted octanol–water partition coefficient (Wildman–Crippen LogP) is 1.45. The van der Waals surface area contributed by atoms with Crippen molar-refractivity contribution in [1.82, 2.24) is 4.90 Å². The van der Waals surface area contributed by atoms with Gasteiger partial charge < -0.3 is 10.6 Å². The number of hydrogen-bond acceptors (Lipinski definition) is 2. The lowest BCUT2D eigenvalue weighted by molar-refractivity contribution is 0.226. The van der Waals surface area contributed by atoms with Crippen LogP contribution in [0.4, 0.5) is 0 Å². The maximum atomic E-state index is 5.90. The van der Waals surface area contributed by atoms with Crippen molar-refractivity contribution in [1.29, 1.82) is 0 Å². The molecular weight excluding hydrogens is 136 g/mol. The molecule has 68 valence electrons. The summed E-state index contributed by atoms with van der Waals surface area (Å²) >= 11 is 0. The lowest BCUT2D eigenvalue weighted by atomic mass is 9.97. The monoisotopic (exact) mass is 158 g/mol. The first-order valence-electron chi connectivity index (χ1n) is 4.36. The molecule has 0 fully saturated rings. The zero-order chi connectivity index (χ0) is 9.07. The van der Waals surface area contributed by atoms with Gasteiger partial charge in [-0.25, -0.2) is 0 Å². The molecule has 2 N–H and O–H groups in total. The van der Waals surface area contributed by atoms with E-state index < -0.39 is 0 Å². The summed E-state index contributed by atoms with van der Waals surface area (Å²) in [5.41, 5.74) is 5.86. The molecule has 1 unspecified atom stereocenters.